The molecule has 0 saturated carbocycles. The molecule has 1 atom stereocenters. The SMILES string of the molecule is Cl.O=[N+]([O-])c1ccc(C2NCCc3c2[nH]c2ccccc32)cc1. The molecule has 6 heteroatoms. The first-order valence-electron chi connectivity index (χ1n) is 7.31. The van der Waals surface area contributed by atoms with E-state index in [0.29, 0.717) is 0 Å². The molecular formula is C17H16ClN3O2. The van der Waals surface area contributed by atoms with Gasteiger partial charge in [0.25, 0.3) is 5.69 Å². The lowest BCUT2D eigenvalue weighted by Gasteiger charge is -2.24. The van der Waals surface area contributed by atoms with Gasteiger partial charge in [-0.1, -0.05) is 30.3 Å². The number of non-ortho nitro benzene ring substituents is 1. The number of aromatic amines is 1. The smallest absolute Gasteiger partial charge is 0.269 e. The quantitative estimate of drug-likeness (QED) is 0.556. The Labute approximate surface area is 139 Å². The van der Waals surface area contributed by atoms with Crippen LogP contribution in [0.4, 0.5) is 5.69 Å². The van der Waals surface area contributed by atoms with Crippen LogP contribution in [-0.2, 0) is 6.42 Å². The zero-order valence-electron chi connectivity index (χ0n) is 12.3. The maximum atomic E-state index is 10.8. The Morgan fingerprint density at radius 1 is 1.09 bits per heavy atom. The zero-order valence-corrected chi connectivity index (χ0v) is 13.1. The number of para-hydroxylation sites is 1. The van der Waals surface area contributed by atoms with Gasteiger partial charge < -0.3 is 10.3 Å². The largest absolute Gasteiger partial charge is 0.357 e. The fourth-order valence-electron chi connectivity index (χ4n) is 3.25. The average Bonchev–Trinajstić information content (AvgIpc) is 2.93. The van der Waals surface area contributed by atoms with Crippen molar-refractivity contribution in [3.63, 3.8) is 0 Å². The fraction of sp³-hybridized carbons (Fsp3) is 0.176. The predicted molar refractivity (Wildman–Crippen MR) is 92.2 cm³/mol. The Hall–Kier alpha value is -2.37. The van der Waals surface area contributed by atoms with Gasteiger partial charge in [-0.3, -0.25) is 10.1 Å². The molecule has 4 rings (SSSR count). The number of H-pyrrole nitrogens is 1. The van der Waals surface area contributed by atoms with E-state index in [0.717, 1.165) is 24.0 Å². The maximum Gasteiger partial charge on any atom is 0.269 e. The van der Waals surface area contributed by atoms with Crippen LogP contribution in [0, 0.1) is 10.1 Å². The van der Waals surface area contributed by atoms with E-state index in [4.69, 9.17) is 0 Å². The lowest BCUT2D eigenvalue weighted by Crippen LogP contribution is -2.30. The van der Waals surface area contributed by atoms with Crippen LogP contribution in [0.1, 0.15) is 22.9 Å². The van der Waals surface area contributed by atoms with Crippen molar-refractivity contribution in [1.29, 1.82) is 0 Å². The molecule has 0 aliphatic carbocycles. The summed E-state index contributed by atoms with van der Waals surface area (Å²) in [5, 5.41) is 15.6. The Morgan fingerprint density at radius 3 is 2.57 bits per heavy atom. The number of halogens is 1. The number of hydrogen-bond donors (Lipinski definition) is 2. The van der Waals surface area contributed by atoms with Crippen LogP contribution >= 0.6 is 12.4 Å². The molecule has 1 aliphatic rings. The minimum Gasteiger partial charge on any atom is -0.357 e. The van der Waals surface area contributed by atoms with Gasteiger partial charge in [-0.2, -0.15) is 0 Å². The van der Waals surface area contributed by atoms with Gasteiger partial charge in [-0.25, -0.2) is 0 Å². The van der Waals surface area contributed by atoms with Gasteiger partial charge in [0.05, 0.1) is 11.0 Å². The van der Waals surface area contributed by atoms with Gasteiger partial charge in [-0.15, -0.1) is 12.4 Å². The monoisotopic (exact) mass is 329 g/mol. The molecule has 0 amide bonds. The molecule has 118 valence electrons. The van der Waals surface area contributed by atoms with Crippen LogP contribution in [-0.4, -0.2) is 16.5 Å². The summed E-state index contributed by atoms with van der Waals surface area (Å²) in [4.78, 5) is 13.9. The van der Waals surface area contributed by atoms with Crippen LogP contribution < -0.4 is 5.32 Å². The van der Waals surface area contributed by atoms with E-state index >= 15 is 0 Å². The van der Waals surface area contributed by atoms with E-state index in [1.54, 1.807) is 12.1 Å². The Bertz CT molecular complexity index is 858. The summed E-state index contributed by atoms with van der Waals surface area (Å²) >= 11 is 0. The second-order valence-corrected chi connectivity index (χ2v) is 5.55. The molecule has 0 saturated heterocycles. The average molecular weight is 330 g/mol. The highest BCUT2D eigenvalue weighted by molar-refractivity contribution is 5.85. The number of nitrogens with zero attached hydrogens (tertiary/aromatic N) is 1. The van der Waals surface area contributed by atoms with Crippen molar-refractivity contribution in [2.75, 3.05) is 6.54 Å². The van der Waals surface area contributed by atoms with E-state index in [2.05, 4.69) is 28.5 Å². The highest BCUT2D eigenvalue weighted by Crippen LogP contribution is 2.33. The molecule has 0 radical (unpaired) electrons. The van der Waals surface area contributed by atoms with E-state index in [1.165, 1.54) is 16.6 Å². The minimum atomic E-state index is -0.369. The highest BCUT2D eigenvalue weighted by Gasteiger charge is 2.25. The van der Waals surface area contributed by atoms with Crippen molar-refractivity contribution in [3.8, 4) is 0 Å². The van der Waals surface area contributed by atoms with Gasteiger partial charge >= 0.3 is 0 Å². The van der Waals surface area contributed by atoms with E-state index in [-0.39, 0.29) is 29.1 Å². The summed E-state index contributed by atoms with van der Waals surface area (Å²) in [7, 11) is 0. The number of hydrogen-bond acceptors (Lipinski definition) is 3. The molecule has 1 unspecified atom stereocenters. The lowest BCUT2D eigenvalue weighted by atomic mass is 9.94. The standard InChI is InChI=1S/C17H15N3O2.ClH/c21-20(22)12-7-5-11(6-8-12)16-17-14(9-10-18-16)13-3-1-2-4-15(13)19-17;/h1-8,16,18-19H,9-10H2;1H. The maximum absolute atomic E-state index is 10.8. The summed E-state index contributed by atoms with van der Waals surface area (Å²) < 4.78 is 0. The first-order chi connectivity index (χ1) is 10.7. The summed E-state index contributed by atoms with van der Waals surface area (Å²) in [5.74, 6) is 0. The van der Waals surface area contributed by atoms with E-state index in [9.17, 15) is 10.1 Å². The number of rotatable bonds is 2. The lowest BCUT2D eigenvalue weighted by molar-refractivity contribution is -0.384. The molecule has 3 aromatic rings. The van der Waals surface area contributed by atoms with Gasteiger partial charge in [0.1, 0.15) is 0 Å². The van der Waals surface area contributed by atoms with Crippen molar-refractivity contribution in [2.24, 2.45) is 0 Å². The molecule has 2 aromatic carbocycles. The van der Waals surface area contributed by atoms with Crippen LogP contribution in [0.5, 0.6) is 0 Å². The molecule has 5 nitrogen and oxygen atoms in total. The third kappa shape index (κ3) is 2.58. The van der Waals surface area contributed by atoms with Gasteiger partial charge in [0.2, 0.25) is 0 Å². The number of nitro benzene ring substituents is 1. The zero-order chi connectivity index (χ0) is 15.1. The molecule has 23 heavy (non-hydrogen) atoms. The Morgan fingerprint density at radius 2 is 1.83 bits per heavy atom. The second kappa shape index (κ2) is 6.02. The first-order valence-corrected chi connectivity index (χ1v) is 7.31. The van der Waals surface area contributed by atoms with Gasteiger partial charge in [0.15, 0.2) is 0 Å². The number of nitro groups is 1. The molecule has 0 fully saturated rings. The van der Waals surface area contributed by atoms with Crippen LogP contribution in [0.25, 0.3) is 10.9 Å². The van der Waals surface area contributed by atoms with E-state index in [1.807, 2.05) is 18.2 Å². The van der Waals surface area contributed by atoms with Crippen molar-refractivity contribution < 1.29 is 4.92 Å². The Kier molecular flexibility index (Phi) is 4.07. The minimum absolute atomic E-state index is 0. The van der Waals surface area contributed by atoms with Crippen LogP contribution in [0.2, 0.25) is 0 Å². The summed E-state index contributed by atoms with van der Waals surface area (Å²) in [6, 6.07) is 15.1. The predicted octanol–water partition coefficient (Wildman–Crippen LogP) is 3.73. The van der Waals surface area contributed by atoms with Gasteiger partial charge in [-0.05, 0) is 23.6 Å². The molecule has 2 N–H and O–H groups in total. The second-order valence-electron chi connectivity index (χ2n) is 5.55. The molecule has 0 spiro atoms. The van der Waals surface area contributed by atoms with Crippen LogP contribution in [0.15, 0.2) is 48.5 Å². The number of aromatic nitrogens is 1. The number of fused-ring (bicyclic) bond motifs is 3. The summed E-state index contributed by atoms with van der Waals surface area (Å²) in [6.07, 6.45) is 0.989. The molecular weight excluding hydrogens is 314 g/mol. The van der Waals surface area contributed by atoms with Crippen molar-refractivity contribution >= 4 is 29.0 Å². The molecule has 1 aromatic heterocycles. The van der Waals surface area contributed by atoms with Gasteiger partial charge in [0, 0.05) is 35.3 Å². The van der Waals surface area contributed by atoms with Crippen molar-refractivity contribution in [3.05, 3.63) is 75.5 Å². The Balaban J connectivity index is 0.00000156. The molecule has 2 heterocycles. The first kappa shape index (κ1) is 15.5. The topological polar surface area (TPSA) is 71.0 Å². The molecule has 0 bridgehead atoms. The van der Waals surface area contributed by atoms with Crippen LogP contribution in [0.3, 0.4) is 0 Å². The third-order valence-corrected chi connectivity index (χ3v) is 4.30. The molecule has 1 aliphatic heterocycles. The summed E-state index contributed by atoms with van der Waals surface area (Å²) in [5.41, 5.74) is 4.82. The van der Waals surface area contributed by atoms with E-state index < -0.39 is 0 Å². The normalized spacial score (nSPS) is 16.6. The highest BCUT2D eigenvalue weighted by atomic mass is 35.5. The van der Waals surface area contributed by atoms with Crippen molar-refractivity contribution in [1.82, 2.24) is 10.3 Å². The number of nitrogens with one attached hydrogen (secondary N) is 2. The fourth-order valence-corrected chi connectivity index (χ4v) is 3.25. The third-order valence-electron chi connectivity index (χ3n) is 4.30. The van der Waals surface area contributed by atoms with Crippen molar-refractivity contribution in [2.45, 2.75) is 12.5 Å². The number of benzene rings is 2. The summed E-state index contributed by atoms with van der Waals surface area (Å²) in [6.45, 7) is 0.899.